The minimum Gasteiger partial charge on any atom is -0.507 e. The molecule has 0 radical (unpaired) electrons. The van der Waals surface area contributed by atoms with Crippen LogP contribution in [0.2, 0.25) is 0 Å². The Balaban J connectivity index is 1.62. The van der Waals surface area contributed by atoms with Gasteiger partial charge in [0.2, 0.25) is 0 Å². The first-order valence-corrected chi connectivity index (χ1v) is 11.7. The number of hydrogen-bond acceptors (Lipinski definition) is 6. The monoisotopic (exact) mass is 461 g/mol. The Labute approximate surface area is 195 Å². The molecule has 1 fully saturated rings. The quantitative estimate of drug-likeness (QED) is 0.339. The van der Waals surface area contributed by atoms with E-state index in [1.807, 2.05) is 41.8 Å². The first-order valence-electron chi connectivity index (χ1n) is 10.8. The molecule has 2 aliphatic heterocycles. The molecule has 3 aromatic rings. The summed E-state index contributed by atoms with van der Waals surface area (Å²) in [5.41, 5.74) is 2.32. The molecule has 1 amide bonds. The molecular formula is C26H23NO5S. The van der Waals surface area contributed by atoms with Crippen molar-refractivity contribution in [3.05, 3.63) is 87.1 Å². The van der Waals surface area contributed by atoms with Crippen molar-refractivity contribution in [1.29, 1.82) is 0 Å². The molecule has 33 heavy (non-hydrogen) atoms. The summed E-state index contributed by atoms with van der Waals surface area (Å²) in [6.07, 6.45) is 1.74. The molecule has 1 aromatic heterocycles. The van der Waals surface area contributed by atoms with Gasteiger partial charge < -0.3 is 19.5 Å². The zero-order chi connectivity index (χ0) is 22.9. The maximum absolute atomic E-state index is 13.2. The number of Topliss-reactive ketones (excluding diaryl/α,β-unsaturated/α-hetero) is 1. The van der Waals surface area contributed by atoms with Gasteiger partial charge in [-0.25, -0.2) is 0 Å². The number of amides is 1. The fourth-order valence-corrected chi connectivity index (χ4v) is 5.11. The number of aliphatic hydroxyl groups is 1. The van der Waals surface area contributed by atoms with Gasteiger partial charge in [-0.1, -0.05) is 18.2 Å². The largest absolute Gasteiger partial charge is 0.507 e. The van der Waals surface area contributed by atoms with Gasteiger partial charge in [0.15, 0.2) is 0 Å². The van der Waals surface area contributed by atoms with Gasteiger partial charge in [0.1, 0.15) is 17.3 Å². The molecule has 0 bridgehead atoms. The fraction of sp³-hybridized carbons (Fsp3) is 0.231. The summed E-state index contributed by atoms with van der Waals surface area (Å²) < 4.78 is 10.9. The molecule has 6 nitrogen and oxygen atoms in total. The number of nitrogens with zero attached hydrogens (tertiary/aromatic N) is 1. The highest BCUT2D eigenvalue weighted by Crippen LogP contribution is 2.41. The van der Waals surface area contributed by atoms with E-state index in [-0.39, 0.29) is 17.9 Å². The van der Waals surface area contributed by atoms with Gasteiger partial charge in [-0.15, -0.1) is 11.3 Å². The van der Waals surface area contributed by atoms with Crippen LogP contribution < -0.4 is 9.47 Å². The summed E-state index contributed by atoms with van der Waals surface area (Å²) >= 11 is 1.52. The number of carbonyl (C=O) groups is 2. The summed E-state index contributed by atoms with van der Waals surface area (Å²) in [6.45, 7) is 0.956. The average Bonchev–Trinajstić information content (AvgIpc) is 3.46. The second-order valence-electron chi connectivity index (χ2n) is 8.05. The molecule has 1 atom stereocenters. The van der Waals surface area contributed by atoms with E-state index in [1.165, 1.54) is 16.2 Å². The van der Waals surface area contributed by atoms with Crippen LogP contribution in [0.15, 0.2) is 65.6 Å². The Morgan fingerprint density at radius 3 is 2.73 bits per heavy atom. The molecule has 1 unspecified atom stereocenters. The summed E-state index contributed by atoms with van der Waals surface area (Å²) in [5, 5.41) is 13.2. The maximum atomic E-state index is 13.2. The van der Waals surface area contributed by atoms with Crippen molar-refractivity contribution < 1.29 is 24.2 Å². The first-order chi connectivity index (χ1) is 16.1. The third-order valence-electron chi connectivity index (χ3n) is 6.06. The zero-order valence-electron chi connectivity index (χ0n) is 18.1. The molecule has 168 valence electrons. The number of aryl methyl sites for hydroxylation is 1. The average molecular weight is 462 g/mol. The number of methoxy groups -OCH3 is 1. The lowest BCUT2D eigenvalue weighted by Crippen LogP contribution is -2.28. The van der Waals surface area contributed by atoms with Crippen LogP contribution in [0.1, 0.15) is 34.0 Å². The van der Waals surface area contributed by atoms with Gasteiger partial charge in [-0.05, 0) is 65.7 Å². The van der Waals surface area contributed by atoms with Crippen LogP contribution >= 0.6 is 11.3 Å². The number of fused-ring (bicyclic) bond motifs is 1. The minimum atomic E-state index is -0.703. The summed E-state index contributed by atoms with van der Waals surface area (Å²) in [4.78, 5) is 28.8. The van der Waals surface area contributed by atoms with Crippen LogP contribution in [0.3, 0.4) is 0 Å². The lowest BCUT2D eigenvalue weighted by Gasteiger charge is -2.25. The molecule has 2 aromatic carbocycles. The van der Waals surface area contributed by atoms with Crippen LogP contribution in [0.5, 0.6) is 11.5 Å². The van der Waals surface area contributed by atoms with Crippen LogP contribution in [0.4, 0.5) is 0 Å². The summed E-state index contributed by atoms with van der Waals surface area (Å²) in [7, 11) is 1.58. The van der Waals surface area contributed by atoms with Gasteiger partial charge >= 0.3 is 0 Å². The molecule has 0 spiro atoms. The van der Waals surface area contributed by atoms with Gasteiger partial charge in [-0.2, -0.15) is 0 Å². The van der Waals surface area contributed by atoms with Crippen molar-refractivity contribution in [2.75, 3.05) is 13.7 Å². The van der Waals surface area contributed by atoms with E-state index in [0.29, 0.717) is 17.9 Å². The van der Waals surface area contributed by atoms with Gasteiger partial charge in [-0.3, -0.25) is 9.59 Å². The Kier molecular flexibility index (Phi) is 5.64. The highest BCUT2D eigenvalue weighted by atomic mass is 32.1. The topological polar surface area (TPSA) is 76.1 Å². The number of ether oxygens (including phenoxy) is 2. The summed E-state index contributed by atoms with van der Waals surface area (Å²) in [6, 6.07) is 15.8. The second kappa shape index (κ2) is 8.75. The van der Waals surface area contributed by atoms with Crippen molar-refractivity contribution in [2.24, 2.45) is 0 Å². The van der Waals surface area contributed by atoms with Crippen LogP contribution in [0.25, 0.3) is 5.76 Å². The van der Waals surface area contributed by atoms with E-state index in [2.05, 4.69) is 0 Å². The molecule has 2 aliphatic rings. The zero-order valence-corrected chi connectivity index (χ0v) is 18.9. The van der Waals surface area contributed by atoms with Crippen LogP contribution in [0, 0.1) is 0 Å². The van der Waals surface area contributed by atoms with Gasteiger partial charge in [0, 0.05) is 10.4 Å². The van der Waals surface area contributed by atoms with Crippen molar-refractivity contribution in [2.45, 2.75) is 25.4 Å². The number of hydrogen-bond donors (Lipinski definition) is 1. The van der Waals surface area contributed by atoms with E-state index in [1.54, 1.807) is 25.3 Å². The molecule has 3 heterocycles. The second-order valence-corrected chi connectivity index (χ2v) is 9.09. The number of thiophene rings is 1. The highest BCUT2D eigenvalue weighted by molar-refractivity contribution is 7.09. The Morgan fingerprint density at radius 2 is 2.00 bits per heavy atom. The fourth-order valence-electron chi connectivity index (χ4n) is 4.41. The van der Waals surface area contributed by atoms with Crippen molar-refractivity contribution >= 4 is 28.8 Å². The first kappa shape index (κ1) is 21.3. The summed E-state index contributed by atoms with van der Waals surface area (Å²) in [5.74, 6) is -0.00609. The normalized spacial score (nSPS) is 19.3. The Bertz CT molecular complexity index is 1230. The lowest BCUT2D eigenvalue weighted by molar-refractivity contribution is -0.140. The van der Waals surface area contributed by atoms with Crippen molar-refractivity contribution in [1.82, 2.24) is 4.90 Å². The highest BCUT2D eigenvalue weighted by Gasteiger charge is 2.46. The lowest BCUT2D eigenvalue weighted by atomic mass is 9.94. The molecular weight excluding hydrogens is 438 g/mol. The van der Waals surface area contributed by atoms with E-state index in [0.717, 1.165) is 34.6 Å². The van der Waals surface area contributed by atoms with E-state index in [9.17, 15) is 14.7 Å². The Hall–Kier alpha value is -3.58. The molecule has 0 saturated carbocycles. The number of rotatable bonds is 5. The third-order valence-corrected chi connectivity index (χ3v) is 6.92. The van der Waals surface area contributed by atoms with E-state index < -0.39 is 17.7 Å². The number of benzene rings is 2. The van der Waals surface area contributed by atoms with Crippen molar-refractivity contribution in [3.63, 3.8) is 0 Å². The van der Waals surface area contributed by atoms with Gasteiger partial charge in [0.05, 0.1) is 31.9 Å². The Morgan fingerprint density at radius 1 is 1.18 bits per heavy atom. The van der Waals surface area contributed by atoms with Crippen LogP contribution in [-0.4, -0.2) is 35.4 Å². The van der Waals surface area contributed by atoms with E-state index >= 15 is 0 Å². The number of carbonyl (C=O) groups excluding carboxylic acids is 2. The number of ketones is 1. The molecule has 1 saturated heterocycles. The molecule has 0 aliphatic carbocycles. The third kappa shape index (κ3) is 3.89. The predicted molar refractivity (Wildman–Crippen MR) is 125 cm³/mol. The SMILES string of the molecule is COc1ccc(C2/C(=C(/O)c3ccc4c(c3)CCCO4)C(=O)C(=O)N2Cc2cccs2)cc1. The van der Waals surface area contributed by atoms with Gasteiger partial charge in [0.25, 0.3) is 11.7 Å². The predicted octanol–water partition coefficient (Wildman–Crippen LogP) is 4.70. The molecule has 1 N–H and O–H groups in total. The van der Waals surface area contributed by atoms with Crippen molar-refractivity contribution in [3.8, 4) is 11.5 Å². The standard InChI is InChI=1S/C26H23NO5S/c1-31-19-9-6-16(7-10-19)23-22(25(29)26(30)27(23)15-20-5-3-13-33-20)24(28)18-8-11-21-17(14-18)4-2-12-32-21/h3,5-11,13-14,23,28H,2,4,12,15H2,1H3/b24-22-. The molecule has 7 heteroatoms. The maximum Gasteiger partial charge on any atom is 0.295 e. The molecule has 5 rings (SSSR count). The van der Waals surface area contributed by atoms with E-state index in [4.69, 9.17) is 9.47 Å². The van der Waals surface area contributed by atoms with Crippen LogP contribution in [-0.2, 0) is 22.6 Å². The number of aliphatic hydroxyl groups excluding tert-OH is 1. The smallest absolute Gasteiger partial charge is 0.295 e. The number of likely N-dealkylation sites (tertiary alicyclic amines) is 1. The minimum absolute atomic E-state index is 0.0957.